The summed E-state index contributed by atoms with van der Waals surface area (Å²) in [6, 6.07) is 10.0. The number of para-hydroxylation sites is 1. The highest BCUT2D eigenvalue weighted by Gasteiger charge is 2.07. The van der Waals surface area contributed by atoms with Crippen LogP contribution in [0, 0.1) is 13.8 Å². The summed E-state index contributed by atoms with van der Waals surface area (Å²) in [4.78, 5) is 27.8. The fraction of sp³-hybridized carbons (Fsp3) is 0.263. The monoisotopic (exact) mass is 350 g/mol. The highest BCUT2D eigenvalue weighted by molar-refractivity contribution is 6.02. The van der Waals surface area contributed by atoms with E-state index in [4.69, 9.17) is 0 Å². The average molecular weight is 350 g/mol. The van der Waals surface area contributed by atoms with E-state index in [1.807, 2.05) is 44.3 Å². The van der Waals surface area contributed by atoms with Gasteiger partial charge in [-0.15, -0.1) is 0 Å². The molecule has 2 heterocycles. The molecule has 2 aromatic heterocycles. The minimum Gasteiger partial charge on any atom is -0.361 e. The highest BCUT2D eigenvalue weighted by Crippen LogP contribution is 2.18. The number of nitrogens with zero attached hydrogens (tertiary/aromatic N) is 3. The SMILES string of the molecule is CC(=O)NC(=NCCc1c[nH]c2ccccc12)Nc1nc(C)cc(C)n1. The van der Waals surface area contributed by atoms with Crippen molar-refractivity contribution in [2.24, 2.45) is 4.99 Å². The molecular formula is C19H22N6O. The van der Waals surface area contributed by atoms with Crippen molar-refractivity contribution >= 4 is 28.7 Å². The number of aliphatic imine (C=N–C) groups is 1. The van der Waals surface area contributed by atoms with Crippen molar-refractivity contribution in [1.29, 1.82) is 0 Å². The van der Waals surface area contributed by atoms with Crippen LogP contribution in [0.1, 0.15) is 23.9 Å². The van der Waals surface area contributed by atoms with Crippen LogP contribution in [0.15, 0.2) is 41.5 Å². The molecule has 26 heavy (non-hydrogen) atoms. The molecule has 7 nitrogen and oxygen atoms in total. The molecule has 134 valence electrons. The van der Waals surface area contributed by atoms with Gasteiger partial charge in [-0.25, -0.2) is 9.97 Å². The molecule has 1 amide bonds. The molecule has 0 aliphatic carbocycles. The zero-order valence-electron chi connectivity index (χ0n) is 15.1. The number of hydrogen-bond acceptors (Lipinski definition) is 4. The first-order valence-electron chi connectivity index (χ1n) is 8.47. The fourth-order valence-electron chi connectivity index (χ4n) is 2.79. The first-order valence-corrected chi connectivity index (χ1v) is 8.47. The smallest absolute Gasteiger partial charge is 0.229 e. The second-order valence-corrected chi connectivity index (χ2v) is 6.12. The number of rotatable bonds is 4. The van der Waals surface area contributed by atoms with Gasteiger partial charge in [0.05, 0.1) is 0 Å². The van der Waals surface area contributed by atoms with E-state index in [-0.39, 0.29) is 5.91 Å². The molecule has 3 aromatic rings. The maximum atomic E-state index is 11.5. The molecule has 0 aliphatic heterocycles. The van der Waals surface area contributed by atoms with Crippen LogP contribution in [0.25, 0.3) is 10.9 Å². The maximum Gasteiger partial charge on any atom is 0.229 e. The van der Waals surface area contributed by atoms with E-state index < -0.39 is 0 Å². The Kier molecular flexibility index (Phi) is 5.26. The van der Waals surface area contributed by atoms with Gasteiger partial charge in [-0.2, -0.15) is 0 Å². The second-order valence-electron chi connectivity index (χ2n) is 6.12. The largest absolute Gasteiger partial charge is 0.361 e. The van der Waals surface area contributed by atoms with E-state index in [9.17, 15) is 4.79 Å². The Labute approximate surface area is 152 Å². The zero-order valence-corrected chi connectivity index (χ0v) is 15.1. The molecule has 0 aliphatic rings. The van der Waals surface area contributed by atoms with Crippen molar-refractivity contribution in [3.05, 3.63) is 53.5 Å². The maximum absolute atomic E-state index is 11.5. The van der Waals surface area contributed by atoms with Crippen LogP contribution in [-0.4, -0.2) is 33.4 Å². The number of carbonyl (C=O) groups is 1. The van der Waals surface area contributed by atoms with Gasteiger partial charge < -0.3 is 4.98 Å². The van der Waals surface area contributed by atoms with Crippen molar-refractivity contribution in [1.82, 2.24) is 20.3 Å². The fourth-order valence-corrected chi connectivity index (χ4v) is 2.79. The number of H-pyrrole nitrogens is 1. The number of aromatic amines is 1. The number of anilines is 1. The third kappa shape index (κ3) is 4.44. The number of fused-ring (bicyclic) bond motifs is 1. The number of carbonyl (C=O) groups excluding carboxylic acids is 1. The topological polar surface area (TPSA) is 95.1 Å². The van der Waals surface area contributed by atoms with Gasteiger partial charge >= 0.3 is 0 Å². The van der Waals surface area contributed by atoms with E-state index in [2.05, 4.69) is 36.6 Å². The standard InChI is InChI=1S/C19H22N6O/c1-12-10-13(2)23-19(22-12)25-18(24-14(3)26)20-9-8-15-11-21-17-7-5-4-6-16(15)17/h4-7,10-11,21H,8-9H2,1-3H3,(H2,20,22,23,24,25,26). The van der Waals surface area contributed by atoms with Gasteiger partial charge in [0.2, 0.25) is 17.8 Å². The summed E-state index contributed by atoms with van der Waals surface area (Å²) in [7, 11) is 0. The van der Waals surface area contributed by atoms with Gasteiger partial charge in [-0.05, 0) is 38.0 Å². The van der Waals surface area contributed by atoms with Crippen LogP contribution in [-0.2, 0) is 11.2 Å². The molecular weight excluding hydrogens is 328 g/mol. The third-order valence-corrected chi connectivity index (χ3v) is 3.83. The lowest BCUT2D eigenvalue weighted by atomic mass is 10.1. The van der Waals surface area contributed by atoms with Crippen molar-refractivity contribution in [3.8, 4) is 0 Å². The molecule has 3 N–H and O–H groups in total. The Morgan fingerprint density at radius 3 is 2.65 bits per heavy atom. The molecule has 3 rings (SSSR count). The predicted octanol–water partition coefficient (Wildman–Crippen LogP) is 2.72. The highest BCUT2D eigenvalue weighted by atomic mass is 16.1. The summed E-state index contributed by atoms with van der Waals surface area (Å²) in [5, 5.41) is 6.88. The Hall–Kier alpha value is -3.22. The zero-order chi connectivity index (χ0) is 18.5. The number of aromatic nitrogens is 3. The first kappa shape index (κ1) is 17.6. The number of aryl methyl sites for hydroxylation is 2. The van der Waals surface area contributed by atoms with Crippen LogP contribution in [0.3, 0.4) is 0 Å². The Morgan fingerprint density at radius 2 is 1.92 bits per heavy atom. The second kappa shape index (κ2) is 7.77. The van der Waals surface area contributed by atoms with Gasteiger partial charge in [0, 0.05) is 42.0 Å². The normalized spacial score (nSPS) is 11.6. The lowest BCUT2D eigenvalue weighted by molar-refractivity contribution is -0.117. The summed E-state index contributed by atoms with van der Waals surface area (Å²) in [5.74, 6) is 0.567. The molecule has 7 heteroatoms. The van der Waals surface area contributed by atoms with E-state index in [0.717, 1.165) is 23.3 Å². The minimum atomic E-state index is -0.201. The predicted molar refractivity (Wildman–Crippen MR) is 103 cm³/mol. The van der Waals surface area contributed by atoms with Gasteiger partial charge in [0.1, 0.15) is 0 Å². The molecule has 0 saturated carbocycles. The molecule has 0 saturated heterocycles. The van der Waals surface area contributed by atoms with E-state index in [1.54, 1.807) is 0 Å². The van der Waals surface area contributed by atoms with Gasteiger partial charge in [-0.3, -0.25) is 20.4 Å². The molecule has 0 atom stereocenters. The van der Waals surface area contributed by atoms with Crippen LogP contribution in [0.5, 0.6) is 0 Å². The molecule has 1 aromatic carbocycles. The van der Waals surface area contributed by atoms with Crippen LogP contribution >= 0.6 is 0 Å². The number of nitrogens with one attached hydrogen (secondary N) is 3. The Bertz CT molecular complexity index is 939. The third-order valence-electron chi connectivity index (χ3n) is 3.83. The number of amides is 1. The van der Waals surface area contributed by atoms with Crippen molar-refractivity contribution < 1.29 is 4.79 Å². The number of hydrogen-bond donors (Lipinski definition) is 3. The quantitative estimate of drug-likeness (QED) is 0.498. The first-order chi connectivity index (χ1) is 12.5. The number of guanidine groups is 1. The van der Waals surface area contributed by atoms with Crippen LogP contribution in [0.4, 0.5) is 5.95 Å². The van der Waals surface area contributed by atoms with Crippen molar-refractivity contribution in [2.75, 3.05) is 11.9 Å². The van der Waals surface area contributed by atoms with Crippen molar-refractivity contribution in [3.63, 3.8) is 0 Å². The average Bonchev–Trinajstić information content (AvgIpc) is 2.97. The van der Waals surface area contributed by atoms with E-state index >= 15 is 0 Å². The lowest BCUT2D eigenvalue weighted by Crippen LogP contribution is -2.35. The number of benzene rings is 1. The Morgan fingerprint density at radius 1 is 1.19 bits per heavy atom. The summed E-state index contributed by atoms with van der Waals surface area (Å²) < 4.78 is 0. The molecule has 0 bridgehead atoms. The summed E-state index contributed by atoms with van der Waals surface area (Å²) in [5.41, 5.74) is 3.99. The minimum absolute atomic E-state index is 0.201. The molecule has 0 radical (unpaired) electrons. The van der Waals surface area contributed by atoms with Crippen LogP contribution < -0.4 is 10.6 Å². The van der Waals surface area contributed by atoms with Gasteiger partial charge in [-0.1, -0.05) is 18.2 Å². The van der Waals surface area contributed by atoms with E-state index in [0.29, 0.717) is 18.5 Å². The summed E-state index contributed by atoms with van der Waals surface area (Å²) in [6.45, 7) is 5.76. The van der Waals surface area contributed by atoms with Crippen LogP contribution in [0.2, 0.25) is 0 Å². The molecule has 0 fully saturated rings. The molecule has 0 unspecified atom stereocenters. The van der Waals surface area contributed by atoms with Crippen molar-refractivity contribution in [2.45, 2.75) is 27.2 Å². The summed E-state index contributed by atoms with van der Waals surface area (Å²) in [6.07, 6.45) is 2.75. The lowest BCUT2D eigenvalue weighted by Gasteiger charge is -2.10. The Balaban J connectivity index is 1.73. The molecule has 0 spiro atoms. The van der Waals surface area contributed by atoms with Gasteiger partial charge in [0.25, 0.3) is 0 Å². The summed E-state index contributed by atoms with van der Waals surface area (Å²) >= 11 is 0. The van der Waals surface area contributed by atoms with E-state index in [1.165, 1.54) is 17.9 Å². The van der Waals surface area contributed by atoms with Gasteiger partial charge in [0.15, 0.2) is 0 Å².